The minimum atomic E-state index is -3.73. The molecule has 8 heteroatoms. The number of aromatic nitrogens is 1. The summed E-state index contributed by atoms with van der Waals surface area (Å²) >= 11 is 9.01. The van der Waals surface area contributed by atoms with Gasteiger partial charge in [0.1, 0.15) is 5.02 Å². The highest BCUT2D eigenvalue weighted by molar-refractivity contribution is 9.10. The topological polar surface area (TPSA) is 70.2 Å². The van der Waals surface area contributed by atoms with Crippen LogP contribution in [0.1, 0.15) is 5.56 Å². The number of nitrogens with one attached hydrogen (secondary N) is 1. The van der Waals surface area contributed by atoms with Gasteiger partial charge < -0.3 is 4.98 Å². The van der Waals surface area contributed by atoms with Crippen molar-refractivity contribution in [2.24, 2.45) is 0 Å². The Balaban J connectivity index is 2.30. The van der Waals surface area contributed by atoms with E-state index in [4.69, 9.17) is 11.6 Å². The molecule has 2 aromatic rings. The maximum absolute atomic E-state index is 12.4. The molecule has 112 valence electrons. The van der Waals surface area contributed by atoms with Gasteiger partial charge in [-0.25, -0.2) is 8.42 Å². The van der Waals surface area contributed by atoms with E-state index in [9.17, 15) is 13.2 Å². The van der Waals surface area contributed by atoms with Gasteiger partial charge in [0.25, 0.3) is 5.56 Å². The molecule has 0 spiro atoms. The summed E-state index contributed by atoms with van der Waals surface area (Å²) in [4.78, 5) is 13.4. The van der Waals surface area contributed by atoms with Crippen molar-refractivity contribution in [3.05, 3.63) is 61.9 Å². The average molecular weight is 392 g/mol. The smallest absolute Gasteiger partial charge is 0.266 e. The fourth-order valence-corrected chi connectivity index (χ4v) is 3.58. The molecule has 5 nitrogen and oxygen atoms in total. The normalized spacial score (nSPS) is 11.8. The third-order valence-electron chi connectivity index (χ3n) is 2.83. The summed E-state index contributed by atoms with van der Waals surface area (Å²) in [5.41, 5.74) is 0.316. The van der Waals surface area contributed by atoms with Crippen molar-refractivity contribution < 1.29 is 8.42 Å². The number of hydrogen-bond acceptors (Lipinski definition) is 3. The monoisotopic (exact) mass is 390 g/mol. The second-order valence-corrected chi connectivity index (χ2v) is 7.77. The number of pyridine rings is 1. The molecule has 0 radical (unpaired) electrons. The summed E-state index contributed by atoms with van der Waals surface area (Å²) in [6.07, 6.45) is 1.14. The predicted octanol–water partition coefficient (Wildman–Crippen LogP) is 2.61. The van der Waals surface area contributed by atoms with Crippen LogP contribution in [0.2, 0.25) is 5.02 Å². The van der Waals surface area contributed by atoms with E-state index in [0.29, 0.717) is 0 Å². The summed E-state index contributed by atoms with van der Waals surface area (Å²) < 4.78 is 26.9. The van der Waals surface area contributed by atoms with E-state index in [1.807, 2.05) is 24.3 Å². The van der Waals surface area contributed by atoms with E-state index >= 15 is 0 Å². The number of nitrogens with zero attached hydrogens (tertiary/aromatic N) is 1. The van der Waals surface area contributed by atoms with Crippen molar-refractivity contribution in [1.82, 2.24) is 9.29 Å². The van der Waals surface area contributed by atoms with Crippen LogP contribution in [0.5, 0.6) is 0 Å². The number of sulfonamides is 1. The summed E-state index contributed by atoms with van der Waals surface area (Å²) in [6, 6.07) is 8.51. The van der Waals surface area contributed by atoms with Crippen LogP contribution in [0.4, 0.5) is 0 Å². The van der Waals surface area contributed by atoms with Crippen LogP contribution in [0.25, 0.3) is 0 Å². The number of aromatic amines is 1. The molecular weight excluding hydrogens is 380 g/mol. The molecule has 0 aliphatic carbocycles. The highest BCUT2D eigenvalue weighted by Gasteiger charge is 2.22. The van der Waals surface area contributed by atoms with Crippen molar-refractivity contribution in [3.63, 3.8) is 0 Å². The number of rotatable bonds is 4. The molecule has 1 N–H and O–H groups in total. The van der Waals surface area contributed by atoms with E-state index in [1.165, 1.54) is 11.4 Å². The minimum Gasteiger partial charge on any atom is -0.326 e. The van der Waals surface area contributed by atoms with Crippen molar-refractivity contribution in [3.8, 4) is 0 Å². The zero-order valence-electron chi connectivity index (χ0n) is 11.0. The molecule has 21 heavy (non-hydrogen) atoms. The number of halogens is 2. The lowest BCUT2D eigenvalue weighted by atomic mass is 10.2. The van der Waals surface area contributed by atoms with Crippen LogP contribution in [0, 0.1) is 0 Å². The van der Waals surface area contributed by atoms with Crippen molar-refractivity contribution in [2.75, 3.05) is 7.05 Å². The van der Waals surface area contributed by atoms with E-state index in [0.717, 1.165) is 22.3 Å². The molecule has 0 aliphatic rings. The summed E-state index contributed by atoms with van der Waals surface area (Å²) in [5.74, 6) is 0. The van der Waals surface area contributed by atoms with Crippen LogP contribution in [-0.2, 0) is 16.6 Å². The van der Waals surface area contributed by atoms with Crippen LogP contribution in [-0.4, -0.2) is 24.8 Å². The molecule has 1 heterocycles. The Labute approximate surface area is 135 Å². The number of benzene rings is 1. The second-order valence-electron chi connectivity index (χ2n) is 4.40. The van der Waals surface area contributed by atoms with Gasteiger partial charge in [0, 0.05) is 24.3 Å². The molecule has 0 aliphatic heterocycles. The molecule has 0 atom stereocenters. The SMILES string of the molecule is CN(Cc1cccc(Br)c1)S(=O)(=O)c1c[nH]c(=O)c(Cl)c1. The third kappa shape index (κ3) is 3.74. The summed E-state index contributed by atoms with van der Waals surface area (Å²) in [5, 5.41) is -0.160. The average Bonchev–Trinajstić information content (AvgIpc) is 2.41. The molecule has 1 aromatic heterocycles. The third-order valence-corrected chi connectivity index (χ3v) is 5.39. The first kappa shape index (κ1) is 16.2. The first-order valence-corrected chi connectivity index (χ1v) is 8.51. The Kier molecular flexibility index (Phi) is 4.88. The predicted molar refractivity (Wildman–Crippen MR) is 84.9 cm³/mol. The Morgan fingerprint density at radius 3 is 2.67 bits per heavy atom. The maximum Gasteiger partial charge on any atom is 0.266 e. The Morgan fingerprint density at radius 1 is 1.33 bits per heavy atom. The fraction of sp³-hybridized carbons (Fsp3) is 0.154. The van der Waals surface area contributed by atoms with Gasteiger partial charge in [-0.1, -0.05) is 39.7 Å². The highest BCUT2D eigenvalue weighted by atomic mass is 79.9. The Bertz CT molecular complexity index is 820. The largest absolute Gasteiger partial charge is 0.326 e. The first-order chi connectivity index (χ1) is 9.80. The van der Waals surface area contributed by atoms with E-state index in [-0.39, 0.29) is 16.5 Å². The van der Waals surface area contributed by atoms with Crippen LogP contribution >= 0.6 is 27.5 Å². The molecule has 0 bridgehead atoms. The van der Waals surface area contributed by atoms with E-state index in [2.05, 4.69) is 20.9 Å². The number of H-pyrrole nitrogens is 1. The lowest BCUT2D eigenvalue weighted by Crippen LogP contribution is -2.27. The molecular formula is C13H12BrClN2O3S. The highest BCUT2D eigenvalue weighted by Crippen LogP contribution is 2.19. The van der Waals surface area contributed by atoms with Crippen LogP contribution in [0.3, 0.4) is 0 Å². The number of hydrogen-bond donors (Lipinski definition) is 1. The van der Waals surface area contributed by atoms with Crippen molar-refractivity contribution in [1.29, 1.82) is 0 Å². The van der Waals surface area contributed by atoms with Crippen LogP contribution < -0.4 is 5.56 Å². The first-order valence-electron chi connectivity index (χ1n) is 5.90. The maximum atomic E-state index is 12.4. The quantitative estimate of drug-likeness (QED) is 0.871. The van der Waals surface area contributed by atoms with Gasteiger partial charge in [0.05, 0.1) is 4.90 Å². The molecule has 0 fully saturated rings. The molecule has 2 rings (SSSR count). The van der Waals surface area contributed by atoms with Gasteiger partial charge in [-0.15, -0.1) is 0 Å². The lowest BCUT2D eigenvalue weighted by Gasteiger charge is -2.17. The van der Waals surface area contributed by atoms with Gasteiger partial charge in [-0.05, 0) is 23.8 Å². The van der Waals surface area contributed by atoms with Crippen molar-refractivity contribution in [2.45, 2.75) is 11.4 Å². The van der Waals surface area contributed by atoms with Gasteiger partial charge in [-0.2, -0.15) is 4.31 Å². The van der Waals surface area contributed by atoms with Crippen LogP contribution in [0.15, 0.2) is 50.7 Å². The summed E-state index contributed by atoms with van der Waals surface area (Å²) in [6.45, 7) is 0.207. The molecule has 0 amide bonds. The van der Waals surface area contributed by atoms with Gasteiger partial charge in [-0.3, -0.25) is 4.79 Å². The second kappa shape index (κ2) is 6.31. The fourth-order valence-electron chi connectivity index (χ4n) is 1.74. The standard InChI is InChI=1S/C13H12BrClN2O3S/c1-17(8-9-3-2-4-10(14)5-9)21(19,20)11-6-12(15)13(18)16-7-11/h2-7H,8H2,1H3,(H,16,18). The lowest BCUT2D eigenvalue weighted by molar-refractivity contribution is 0.466. The van der Waals surface area contributed by atoms with Gasteiger partial charge in [0.15, 0.2) is 0 Å². The minimum absolute atomic E-state index is 0.0513. The van der Waals surface area contributed by atoms with Gasteiger partial charge in [0.2, 0.25) is 10.0 Å². The molecule has 0 saturated carbocycles. The van der Waals surface area contributed by atoms with Crippen molar-refractivity contribution >= 4 is 37.6 Å². The Morgan fingerprint density at radius 2 is 2.05 bits per heavy atom. The van der Waals surface area contributed by atoms with E-state index in [1.54, 1.807) is 0 Å². The molecule has 1 aromatic carbocycles. The van der Waals surface area contributed by atoms with Gasteiger partial charge >= 0.3 is 0 Å². The Hall–Kier alpha value is -1.15. The molecule has 0 saturated heterocycles. The van der Waals surface area contributed by atoms with E-state index < -0.39 is 15.6 Å². The zero-order chi connectivity index (χ0) is 15.6. The summed E-state index contributed by atoms with van der Waals surface area (Å²) in [7, 11) is -2.26. The molecule has 0 unspecified atom stereocenters. The zero-order valence-corrected chi connectivity index (χ0v) is 14.2.